The number of esters is 2. The van der Waals surface area contributed by atoms with Gasteiger partial charge in [0.2, 0.25) is 24.2 Å². The Balaban J connectivity index is 0.922. The molecule has 350 valence electrons. The summed E-state index contributed by atoms with van der Waals surface area (Å²) in [5.41, 5.74) is 5.22. The van der Waals surface area contributed by atoms with Crippen LogP contribution in [0, 0.1) is 11.8 Å². The third kappa shape index (κ3) is 8.98. The van der Waals surface area contributed by atoms with Crippen molar-refractivity contribution in [2.45, 2.75) is 48.6 Å². The van der Waals surface area contributed by atoms with Gasteiger partial charge in [-0.2, -0.15) is 0 Å². The number of benzene rings is 3. The van der Waals surface area contributed by atoms with Gasteiger partial charge in [-0.05, 0) is 89.4 Å². The number of ether oxygens (including phenoxy) is 10. The lowest BCUT2D eigenvalue weighted by atomic mass is 9.66. The largest absolute Gasteiger partial charge is 0.493 e. The second-order valence-corrected chi connectivity index (χ2v) is 19.3. The topological polar surface area (TPSA) is 173 Å². The summed E-state index contributed by atoms with van der Waals surface area (Å²) in [7, 11) is 12.2. The van der Waals surface area contributed by atoms with Gasteiger partial charge in [0.05, 0.1) is 72.5 Å². The number of rotatable bonds is 17. The minimum absolute atomic E-state index is 0.0359. The SMILES string of the molecule is COc1cc([C@@H]2c3cc4c(cc3[C@H](OC(=O)CCSSCCC(=O)N[C@H]3CCc5cc(OC)c(OC)c(OC)c5-c5ccc(SC)c(=O)cc53)[C@H]3COC(=O)[C@H]23)OCO4)cc(OC)c1OC. The van der Waals surface area contributed by atoms with Crippen LogP contribution in [0.25, 0.3) is 11.1 Å². The van der Waals surface area contributed by atoms with Crippen LogP contribution in [0.3, 0.4) is 0 Å². The smallest absolute Gasteiger partial charge is 0.310 e. The molecule has 0 aromatic heterocycles. The Bertz CT molecular complexity index is 2560. The Labute approximate surface area is 394 Å². The van der Waals surface area contributed by atoms with Crippen molar-refractivity contribution in [1.82, 2.24) is 5.32 Å². The van der Waals surface area contributed by atoms with Crippen molar-refractivity contribution in [3.8, 4) is 57.1 Å². The average Bonchev–Trinajstić information content (AvgIpc) is 3.87. The van der Waals surface area contributed by atoms with Crippen LogP contribution in [0.4, 0.5) is 0 Å². The van der Waals surface area contributed by atoms with Crippen LogP contribution in [0.1, 0.15) is 65.1 Å². The minimum atomic E-state index is -0.794. The monoisotopic (exact) mass is 961 g/mol. The molecule has 0 radical (unpaired) electrons. The maximum Gasteiger partial charge on any atom is 0.310 e. The average molecular weight is 962 g/mol. The first-order valence-electron chi connectivity index (χ1n) is 21.2. The van der Waals surface area contributed by atoms with E-state index in [0.717, 1.165) is 27.8 Å². The second kappa shape index (κ2) is 20.5. The lowest BCUT2D eigenvalue weighted by Crippen LogP contribution is -2.36. The molecule has 0 bridgehead atoms. The molecule has 1 saturated heterocycles. The highest BCUT2D eigenvalue weighted by atomic mass is 33.1. The van der Waals surface area contributed by atoms with Crippen LogP contribution < -0.4 is 48.6 Å². The standard InChI is InChI=1S/C48H51NO14S3/c1-54-35-17-25(18-36(55-2)45(35)57-4)41-28-20-33-34(62-23-61-33)21-29(28)44(30-22-60-48(53)43(30)41)63-40(52)13-15-66-65-14-12-39(51)49-31-10-8-24-16-37(56-3)46(58-5)47(59-6)42(24)26-9-11-38(64-7)32(50)19-27(26)31/h9,11,16-21,30-31,41,43-44H,8,10,12-15,22-23H2,1-7H3,(H,49,51)/t30-,31-,41+,43-,44-/m0/s1. The van der Waals surface area contributed by atoms with E-state index >= 15 is 0 Å². The van der Waals surface area contributed by atoms with Gasteiger partial charge in [0.1, 0.15) is 6.10 Å². The number of cyclic esters (lactones) is 1. The van der Waals surface area contributed by atoms with Crippen LogP contribution >= 0.6 is 33.3 Å². The molecule has 2 aliphatic heterocycles. The van der Waals surface area contributed by atoms with E-state index in [1.54, 1.807) is 33.5 Å². The third-order valence-corrected chi connectivity index (χ3v) is 15.6. The van der Waals surface area contributed by atoms with Crippen LogP contribution in [-0.4, -0.2) is 91.7 Å². The van der Waals surface area contributed by atoms with Gasteiger partial charge in [0.15, 0.2) is 39.9 Å². The first-order valence-corrected chi connectivity index (χ1v) is 25.0. The number of amides is 1. The Morgan fingerprint density at radius 2 is 1.38 bits per heavy atom. The fourth-order valence-corrected chi connectivity index (χ4v) is 11.8. The van der Waals surface area contributed by atoms with E-state index in [-0.39, 0.29) is 37.6 Å². The molecule has 2 heterocycles. The number of nitrogens with one attached hydrogen (secondary N) is 1. The van der Waals surface area contributed by atoms with E-state index in [4.69, 9.17) is 47.4 Å². The summed E-state index contributed by atoms with van der Waals surface area (Å²) in [6, 6.07) is 14.1. The molecule has 4 aromatic rings. The highest BCUT2D eigenvalue weighted by molar-refractivity contribution is 8.76. The molecule has 66 heavy (non-hydrogen) atoms. The van der Waals surface area contributed by atoms with Crippen molar-refractivity contribution in [1.29, 1.82) is 0 Å². The normalized spacial score (nSPS) is 19.7. The minimum Gasteiger partial charge on any atom is -0.493 e. The summed E-state index contributed by atoms with van der Waals surface area (Å²) in [5.74, 6) is 1.98. The second-order valence-electron chi connectivity index (χ2n) is 15.8. The maximum absolute atomic E-state index is 13.6. The van der Waals surface area contributed by atoms with E-state index < -0.39 is 41.8 Å². The van der Waals surface area contributed by atoms with Crippen molar-refractivity contribution in [3.05, 3.63) is 86.6 Å². The summed E-state index contributed by atoms with van der Waals surface area (Å²) in [6.07, 6.45) is 2.48. The number of hydrogen-bond acceptors (Lipinski definition) is 17. The molecule has 15 nitrogen and oxygen atoms in total. The van der Waals surface area contributed by atoms with Crippen LogP contribution in [-0.2, 0) is 30.3 Å². The zero-order chi connectivity index (χ0) is 46.6. The van der Waals surface area contributed by atoms with Gasteiger partial charge >= 0.3 is 11.9 Å². The molecule has 8 rings (SSSR count). The summed E-state index contributed by atoms with van der Waals surface area (Å²) < 4.78 is 57.6. The summed E-state index contributed by atoms with van der Waals surface area (Å²) in [5, 5.41) is 3.20. The Morgan fingerprint density at radius 3 is 2.03 bits per heavy atom. The number of fused-ring (bicyclic) bond motifs is 6. The predicted molar refractivity (Wildman–Crippen MR) is 250 cm³/mol. The fraction of sp³-hybridized carbons (Fsp3) is 0.417. The molecule has 5 atom stereocenters. The lowest BCUT2D eigenvalue weighted by molar-refractivity contribution is -0.154. The number of thioether (sulfide) groups is 1. The first kappa shape index (κ1) is 46.9. The van der Waals surface area contributed by atoms with Crippen molar-refractivity contribution < 1.29 is 61.8 Å². The molecule has 0 saturated carbocycles. The number of hydrogen-bond donors (Lipinski definition) is 1. The third-order valence-electron chi connectivity index (χ3n) is 12.4. The quantitative estimate of drug-likeness (QED) is 0.0472. The van der Waals surface area contributed by atoms with Crippen molar-refractivity contribution in [2.75, 3.05) is 73.8 Å². The molecule has 4 aliphatic rings. The van der Waals surface area contributed by atoms with Crippen molar-refractivity contribution >= 4 is 51.2 Å². The molecule has 1 fully saturated rings. The zero-order valence-electron chi connectivity index (χ0n) is 37.6. The molecule has 2 aliphatic carbocycles. The summed E-state index contributed by atoms with van der Waals surface area (Å²) in [6.45, 7) is 0.101. The van der Waals surface area contributed by atoms with E-state index in [9.17, 15) is 19.2 Å². The molecular weight excluding hydrogens is 911 g/mol. The van der Waals surface area contributed by atoms with Gasteiger partial charge in [0, 0.05) is 40.9 Å². The first-order chi connectivity index (χ1) is 32.1. The van der Waals surface area contributed by atoms with E-state index in [2.05, 4.69) is 5.32 Å². The van der Waals surface area contributed by atoms with Crippen LogP contribution in [0.15, 0.2) is 58.2 Å². The van der Waals surface area contributed by atoms with E-state index in [1.165, 1.54) is 54.7 Å². The van der Waals surface area contributed by atoms with Gasteiger partial charge < -0.3 is 52.7 Å². The van der Waals surface area contributed by atoms with Gasteiger partial charge in [0.25, 0.3) is 0 Å². The van der Waals surface area contributed by atoms with Gasteiger partial charge in [-0.15, -0.1) is 11.8 Å². The number of carbonyl (C=O) groups is 3. The van der Waals surface area contributed by atoms with E-state index in [1.807, 2.05) is 42.7 Å². The number of carbonyl (C=O) groups excluding carboxylic acids is 3. The fourth-order valence-electron chi connectivity index (χ4n) is 9.40. The van der Waals surface area contributed by atoms with Crippen LogP contribution in [0.2, 0.25) is 0 Å². The molecule has 1 amide bonds. The van der Waals surface area contributed by atoms with Crippen molar-refractivity contribution in [3.63, 3.8) is 0 Å². The zero-order valence-corrected chi connectivity index (χ0v) is 40.1. The van der Waals surface area contributed by atoms with E-state index in [0.29, 0.717) is 86.4 Å². The lowest BCUT2D eigenvalue weighted by Gasteiger charge is -2.38. The van der Waals surface area contributed by atoms with Gasteiger partial charge in [-0.25, -0.2) is 0 Å². The molecule has 1 N–H and O–H groups in total. The molecule has 0 spiro atoms. The summed E-state index contributed by atoms with van der Waals surface area (Å²) in [4.78, 5) is 54.7. The predicted octanol–water partition coefficient (Wildman–Crippen LogP) is 7.70. The highest BCUT2D eigenvalue weighted by Crippen LogP contribution is 2.57. The summed E-state index contributed by atoms with van der Waals surface area (Å²) >= 11 is 1.36. The van der Waals surface area contributed by atoms with Gasteiger partial charge in [-0.1, -0.05) is 27.7 Å². The maximum atomic E-state index is 13.6. The molecule has 4 aromatic carbocycles. The molecule has 18 heteroatoms. The van der Waals surface area contributed by atoms with Gasteiger partial charge in [-0.3, -0.25) is 19.2 Å². The number of methoxy groups -OCH3 is 6. The van der Waals surface area contributed by atoms with Crippen LogP contribution in [0.5, 0.6) is 46.0 Å². The Hall–Kier alpha value is -5.59. The molecule has 0 unspecified atom stereocenters. The highest BCUT2D eigenvalue weighted by Gasteiger charge is 2.54. The number of aryl methyl sites for hydroxylation is 1. The Kier molecular flexibility index (Phi) is 14.6. The van der Waals surface area contributed by atoms with Crippen molar-refractivity contribution in [2.24, 2.45) is 11.8 Å². The Morgan fingerprint density at radius 1 is 0.727 bits per heavy atom. The molecular formula is C48H51NO14S3.